The Labute approximate surface area is 121 Å². The van der Waals surface area contributed by atoms with Crippen molar-refractivity contribution in [1.82, 2.24) is 5.32 Å². The maximum Gasteiger partial charge on any atom is 0.217 e. The topological polar surface area (TPSA) is 55.1 Å². The highest BCUT2D eigenvalue weighted by Crippen LogP contribution is 2.29. The van der Waals surface area contributed by atoms with Crippen molar-refractivity contribution in [1.29, 1.82) is 0 Å². The highest BCUT2D eigenvalue weighted by molar-refractivity contribution is 7.14. The van der Waals surface area contributed by atoms with Gasteiger partial charge in [0.15, 0.2) is 0 Å². The maximum absolute atomic E-state index is 10.6. The summed E-state index contributed by atoms with van der Waals surface area (Å²) in [5, 5.41) is 7.70. The number of carbonyl (C=O) groups is 1. The van der Waals surface area contributed by atoms with E-state index in [1.54, 1.807) is 22.7 Å². The van der Waals surface area contributed by atoms with Gasteiger partial charge >= 0.3 is 0 Å². The summed E-state index contributed by atoms with van der Waals surface area (Å²) in [5.74, 6) is -0.209. The first-order valence-corrected chi connectivity index (χ1v) is 8.12. The minimum Gasteiger partial charge on any atom is -0.370 e. The van der Waals surface area contributed by atoms with E-state index in [0.29, 0.717) is 6.42 Å². The van der Waals surface area contributed by atoms with Gasteiger partial charge in [0.1, 0.15) is 0 Å². The Kier molecular flexibility index (Phi) is 5.57. The molecule has 0 saturated carbocycles. The zero-order chi connectivity index (χ0) is 13.5. The molecule has 2 heterocycles. The van der Waals surface area contributed by atoms with Crippen molar-refractivity contribution in [3.05, 3.63) is 33.8 Å². The third-order valence-corrected chi connectivity index (χ3v) is 4.64. The van der Waals surface area contributed by atoms with Gasteiger partial charge in [0, 0.05) is 28.3 Å². The van der Waals surface area contributed by atoms with Crippen molar-refractivity contribution >= 4 is 28.6 Å². The number of carbonyl (C=O) groups excluding carboxylic acids is 1. The minimum atomic E-state index is -0.209. The molecule has 2 rings (SSSR count). The Hall–Kier alpha value is -1.17. The summed E-state index contributed by atoms with van der Waals surface area (Å²) < 4.78 is 0. The third-order valence-electron chi connectivity index (χ3n) is 2.79. The van der Waals surface area contributed by atoms with Crippen LogP contribution in [0.4, 0.5) is 0 Å². The Bertz CT molecular complexity index is 505. The molecule has 102 valence electrons. The van der Waals surface area contributed by atoms with Crippen molar-refractivity contribution in [2.75, 3.05) is 6.54 Å². The van der Waals surface area contributed by atoms with Gasteiger partial charge in [-0.15, -0.1) is 22.7 Å². The van der Waals surface area contributed by atoms with Gasteiger partial charge in [0.25, 0.3) is 0 Å². The van der Waals surface area contributed by atoms with Crippen LogP contribution < -0.4 is 11.1 Å². The molecule has 1 amide bonds. The van der Waals surface area contributed by atoms with E-state index in [2.05, 4.69) is 34.3 Å². The van der Waals surface area contributed by atoms with E-state index < -0.39 is 0 Å². The van der Waals surface area contributed by atoms with Crippen molar-refractivity contribution < 1.29 is 4.79 Å². The zero-order valence-corrected chi connectivity index (χ0v) is 12.4. The summed E-state index contributed by atoms with van der Waals surface area (Å²) >= 11 is 3.56. The molecule has 0 unspecified atom stereocenters. The van der Waals surface area contributed by atoms with Crippen LogP contribution in [0.2, 0.25) is 0 Å². The second kappa shape index (κ2) is 7.43. The molecule has 0 atom stereocenters. The molecule has 2 aromatic rings. The minimum absolute atomic E-state index is 0.209. The maximum atomic E-state index is 10.6. The van der Waals surface area contributed by atoms with Crippen LogP contribution in [-0.4, -0.2) is 12.5 Å². The lowest BCUT2D eigenvalue weighted by Gasteiger charge is -2.01. The molecular weight excluding hydrogens is 276 g/mol. The number of hydrogen-bond acceptors (Lipinski definition) is 4. The molecule has 0 aliphatic carbocycles. The normalized spacial score (nSPS) is 10.7. The number of thiophene rings is 2. The van der Waals surface area contributed by atoms with E-state index >= 15 is 0 Å². The Morgan fingerprint density at radius 1 is 1.32 bits per heavy atom. The number of primary amides is 1. The molecule has 0 saturated heterocycles. The second-order valence-electron chi connectivity index (χ2n) is 4.38. The molecule has 2 aromatic heterocycles. The summed E-state index contributed by atoms with van der Waals surface area (Å²) in [6, 6.07) is 6.47. The van der Waals surface area contributed by atoms with Crippen LogP contribution in [0.15, 0.2) is 29.0 Å². The van der Waals surface area contributed by atoms with Gasteiger partial charge in [0.05, 0.1) is 0 Å². The van der Waals surface area contributed by atoms with Crippen molar-refractivity contribution in [2.24, 2.45) is 5.73 Å². The van der Waals surface area contributed by atoms with Crippen LogP contribution in [0.1, 0.15) is 24.1 Å². The summed E-state index contributed by atoms with van der Waals surface area (Å²) in [4.78, 5) is 13.2. The summed E-state index contributed by atoms with van der Waals surface area (Å²) in [6.07, 6.45) is 2.35. The first-order chi connectivity index (χ1) is 9.25. The Balaban J connectivity index is 1.68. The molecule has 0 aromatic carbocycles. The molecule has 0 aliphatic heterocycles. The van der Waals surface area contributed by atoms with Crippen LogP contribution in [0.25, 0.3) is 10.4 Å². The smallest absolute Gasteiger partial charge is 0.217 e. The standard InChI is InChI=1S/C14H18N2OS2/c15-14(17)5-1-2-6-16-9-12-8-11(10-19-12)13-4-3-7-18-13/h3-4,7-8,10,16H,1-2,5-6,9H2,(H2,15,17). The molecule has 19 heavy (non-hydrogen) atoms. The zero-order valence-electron chi connectivity index (χ0n) is 10.7. The predicted octanol–water partition coefficient (Wildman–Crippen LogP) is 3.22. The lowest BCUT2D eigenvalue weighted by molar-refractivity contribution is -0.118. The van der Waals surface area contributed by atoms with Gasteiger partial charge in [-0.3, -0.25) is 4.79 Å². The molecular formula is C14H18N2OS2. The van der Waals surface area contributed by atoms with Crippen LogP contribution in [0.3, 0.4) is 0 Å². The average Bonchev–Trinajstić information content (AvgIpc) is 3.03. The molecule has 5 heteroatoms. The summed E-state index contributed by atoms with van der Waals surface area (Å²) in [7, 11) is 0. The number of unbranched alkanes of at least 4 members (excludes halogenated alkanes) is 1. The van der Waals surface area contributed by atoms with Gasteiger partial charge in [0.2, 0.25) is 5.91 Å². The van der Waals surface area contributed by atoms with Crippen molar-refractivity contribution in [3.8, 4) is 10.4 Å². The number of nitrogens with one attached hydrogen (secondary N) is 1. The van der Waals surface area contributed by atoms with Crippen LogP contribution >= 0.6 is 22.7 Å². The van der Waals surface area contributed by atoms with E-state index in [9.17, 15) is 4.79 Å². The Morgan fingerprint density at radius 3 is 2.95 bits per heavy atom. The number of nitrogens with two attached hydrogens (primary N) is 1. The first kappa shape index (κ1) is 14.2. The lowest BCUT2D eigenvalue weighted by Crippen LogP contribution is -2.15. The highest BCUT2D eigenvalue weighted by atomic mass is 32.1. The second-order valence-corrected chi connectivity index (χ2v) is 6.32. The molecule has 0 aliphatic rings. The average molecular weight is 294 g/mol. The number of amides is 1. The van der Waals surface area contributed by atoms with Crippen molar-refractivity contribution in [3.63, 3.8) is 0 Å². The quantitative estimate of drug-likeness (QED) is 0.734. The monoisotopic (exact) mass is 294 g/mol. The molecule has 0 spiro atoms. The van der Waals surface area contributed by atoms with Gasteiger partial charge in [-0.2, -0.15) is 0 Å². The van der Waals surface area contributed by atoms with E-state index in [1.165, 1.54) is 15.3 Å². The molecule has 0 bridgehead atoms. The fourth-order valence-corrected chi connectivity index (χ4v) is 3.45. The molecule has 0 radical (unpaired) electrons. The fraction of sp³-hybridized carbons (Fsp3) is 0.357. The van der Waals surface area contributed by atoms with Gasteiger partial charge < -0.3 is 11.1 Å². The lowest BCUT2D eigenvalue weighted by atomic mass is 10.2. The predicted molar refractivity (Wildman–Crippen MR) is 82.4 cm³/mol. The summed E-state index contributed by atoms with van der Waals surface area (Å²) in [5.41, 5.74) is 6.40. The third kappa shape index (κ3) is 4.78. The van der Waals surface area contributed by atoms with E-state index in [-0.39, 0.29) is 5.91 Å². The fourth-order valence-electron chi connectivity index (χ4n) is 1.81. The van der Waals surface area contributed by atoms with Gasteiger partial charge in [-0.1, -0.05) is 6.07 Å². The molecule has 3 nitrogen and oxygen atoms in total. The molecule has 3 N–H and O–H groups in total. The highest BCUT2D eigenvalue weighted by Gasteiger charge is 2.03. The van der Waals surface area contributed by atoms with E-state index in [4.69, 9.17) is 5.73 Å². The number of hydrogen-bond donors (Lipinski definition) is 2. The van der Waals surface area contributed by atoms with E-state index in [0.717, 1.165) is 25.9 Å². The molecule has 0 fully saturated rings. The first-order valence-electron chi connectivity index (χ1n) is 6.36. The van der Waals surface area contributed by atoms with Gasteiger partial charge in [-0.05, 0) is 42.3 Å². The largest absolute Gasteiger partial charge is 0.370 e. The Morgan fingerprint density at radius 2 is 2.21 bits per heavy atom. The van der Waals surface area contributed by atoms with E-state index in [1.807, 2.05) is 0 Å². The van der Waals surface area contributed by atoms with Crippen LogP contribution in [0, 0.1) is 0 Å². The van der Waals surface area contributed by atoms with Crippen LogP contribution in [-0.2, 0) is 11.3 Å². The number of rotatable bonds is 8. The SMILES string of the molecule is NC(=O)CCCCNCc1cc(-c2cccs2)cs1. The van der Waals surface area contributed by atoms with Crippen molar-refractivity contribution in [2.45, 2.75) is 25.8 Å². The van der Waals surface area contributed by atoms with Crippen LogP contribution in [0.5, 0.6) is 0 Å². The van der Waals surface area contributed by atoms with Gasteiger partial charge in [-0.25, -0.2) is 0 Å². The summed E-state index contributed by atoms with van der Waals surface area (Å²) in [6.45, 7) is 1.83.